The maximum atomic E-state index is 3.70. The number of halogens is 2. The van der Waals surface area contributed by atoms with Crippen molar-refractivity contribution >= 4 is 30.5 Å². The molecule has 2 heterocycles. The summed E-state index contributed by atoms with van der Waals surface area (Å²) >= 11 is 0. The zero-order valence-corrected chi connectivity index (χ0v) is 12.6. The molecule has 0 radical (unpaired) electrons. The average molecular weight is 289 g/mol. The van der Waals surface area contributed by atoms with Gasteiger partial charge >= 0.3 is 0 Å². The molecular formula is C14H22Cl2N2. The third-order valence-corrected chi connectivity index (χ3v) is 4.08. The first-order chi connectivity index (χ1) is 7.74. The van der Waals surface area contributed by atoms with Crippen LogP contribution in [0, 0.1) is 6.92 Å². The molecule has 0 bridgehead atoms. The van der Waals surface area contributed by atoms with Crippen LogP contribution in [0.4, 0.5) is 5.69 Å². The molecule has 2 atom stereocenters. The first kappa shape index (κ1) is 15.6. The van der Waals surface area contributed by atoms with Crippen LogP contribution >= 0.6 is 24.8 Å². The Morgan fingerprint density at radius 1 is 1.17 bits per heavy atom. The number of aryl methyl sites for hydroxylation is 1. The SMILES string of the molecule is Cc1ccc2c(c1)C1CCN(C)CCC1N2.Cl.Cl. The van der Waals surface area contributed by atoms with Gasteiger partial charge in [0.2, 0.25) is 0 Å². The van der Waals surface area contributed by atoms with Gasteiger partial charge in [-0.2, -0.15) is 0 Å². The summed E-state index contributed by atoms with van der Waals surface area (Å²) in [7, 11) is 2.23. The summed E-state index contributed by atoms with van der Waals surface area (Å²) in [5, 5.41) is 3.70. The van der Waals surface area contributed by atoms with E-state index in [0.717, 1.165) is 5.92 Å². The number of nitrogens with zero attached hydrogens (tertiary/aromatic N) is 1. The van der Waals surface area contributed by atoms with Crippen molar-refractivity contribution in [3.63, 3.8) is 0 Å². The Labute approximate surface area is 122 Å². The Morgan fingerprint density at radius 2 is 1.89 bits per heavy atom. The fraction of sp³-hybridized carbons (Fsp3) is 0.571. The Balaban J connectivity index is 0.000000810. The molecule has 0 saturated carbocycles. The van der Waals surface area contributed by atoms with E-state index < -0.39 is 0 Å². The molecule has 0 aliphatic carbocycles. The molecule has 102 valence electrons. The van der Waals surface area contributed by atoms with E-state index in [0.29, 0.717) is 6.04 Å². The van der Waals surface area contributed by atoms with Crippen molar-refractivity contribution in [2.24, 2.45) is 0 Å². The molecule has 1 aromatic rings. The van der Waals surface area contributed by atoms with Gasteiger partial charge in [-0.3, -0.25) is 0 Å². The lowest BCUT2D eigenvalue weighted by molar-refractivity contribution is 0.346. The van der Waals surface area contributed by atoms with Crippen molar-refractivity contribution in [3.05, 3.63) is 29.3 Å². The number of rotatable bonds is 0. The first-order valence-electron chi connectivity index (χ1n) is 6.29. The Kier molecular flexibility index (Phi) is 5.32. The van der Waals surface area contributed by atoms with Crippen LogP contribution in [0.5, 0.6) is 0 Å². The van der Waals surface area contributed by atoms with Crippen LogP contribution in [-0.2, 0) is 0 Å². The molecular weight excluding hydrogens is 267 g/mol. The molecule has 2 aliphatic heterocycles. The van der Waals surface area contributed by atoms with Crippen LogP contribution < -0.4 is 5.32 Å². The molecule has 18 heavy (non-hydrogen) atoms. The molecule has 2 unspecified atom stereocenters. The predicted octanol–water partition coefficient (Wildman–Crippen LogP) is 3.44. The quantitative estimate of drug-likeness (QED) is 0.787. The van der Waals surface area contributed by atoms with Gasteiger partial charge in [0.25, 0.3) is 0 Å². The van der Waals surface area contributed by atoms with E-state index in [-0.39, 0.29) is 24.8 Å². The minimum absolute atomic E-state index is 0. The minimum Gasteiger partial charge on any atom is -0.381 e. The van der Waals surface area contributed by atoms with Crippen molar-refractivity contribution in [1.29, 1.82) is 0 Å². The molecule has 0 amide bonds. The standard InChI is InChI=1S/C14H20N2.2ClH/c1-10-3-4-13-12(9-10)11-5-7-16(2)8-6-14(11)15-13;;/h3-4,9,11,14-15H,5-8H2,1-2H3;2*1H. The average Bonchev–Trinajstić information content (AvgIpc) is 2.50. The zero-order chi connectivity index (χ0) is 11.1. The normalized spacial score (nSPS) is 25.9. The highest BCUT2D eigenvalue weighted by Gasteiger charge is 2.33. The Hall–Kier alpha value is -0.440. The second-order valence-electron chi connectivity index (χ2n) is 5.33. The van der Waals surface area contributed by atoms with Crippen molar-refractivity contribution in [1.82, 2.24) is 4.90 Å². The van der Waals surface area contributed by atoms with Gasteiger partial charge in [0.05, 0.1) is 0 Å². The molecule has 2 nitrogen and oxygen atoms in total. The van der Waals surface area contributed by atoms with E-state index in [2.05, 4.69) is 42.4 Å². The molecule has 2 aliphatic rings. The molecule has 1 aromatic carbocycles. The number of likely N-dealkylation sites (tertiary alicyclic amines) is 1. The minimum atomic E-state index is 0. The van der Waals surface area contributed by atoms with Crippen molar-refractivity contribution in [2.75, 3.05) is 25.5 Å². The lowest BCUT2D eigenvalue weighted by Gasteiger charge is -2.15. The molecule has 1 N–H and O–H groups in total. The third-order valence-electron chi connectivity index (χ3n) is 4.08. The maximum absolute atomic E-state index is 3.70. The van der Waals surface area contributed by atoms with Gasteiger partial charge in [-0.05, 0) is 51.5 Å². The van der Waals surface area contributed by atoms with Gasteiger partial charge in [-0.25, -0.2) is 0 Å². The Morgan fingerprint density at radius 3 is 2.67 bits per heavy atom. The van der Waals surface area contributed by atoms with Crippen molar-refractivity contribution < 1.29 is 0 Å². The van der Waals surface area contributed by atoms with E-state index >= 15 is 0 Å². The number of anilines is 1. The van der Waals surface area contributed by atoms with Crippen molar-refractivity contribution in [3.8, 4) is 0 Å². The van der Waals surface area contributed by atoms with E-state index in [1.807, 2.05) is 0 Å². The highest BCUT2D eigenvalue weighted by Crippen LogP contribution is 2.40. The first-order valence-corrected chi connectivity index (χ1v) is 6.29. The van der Waals surface area contributed by atoms with E-state index in [1.165, 1.54) is 37.2 Å². The van der Waals surface area contributed by atoms with E-state index in [1.54, 1.807) is 5.56 Å². The summed E-state index contributed by atoms with van der Waals surface area (Å²) in [5.41, 5.74) is 4.32. The van der Waals surface area contributed by atoms with Crippen molar-refractivity contribution in [2.45, 2.75) is 31.7 Å². The van der Waals surface area contributed by atoms with E-state index in [4.69, 9.17) is 0 Å². The summed E-state index contributed by atoms with van der Waals surface area (Å²) < 4.78 is 0. The predicted molar refractivity (Wildman–Crippen MR) is 82.6 cm³/mol. The molecule has 3 rings (SSSR count). The lowest BCUT2D eigenvalue weighted by Crippen LogP contribution is -2.22. The molecule has 0 spiro atoms. The fourth-order valence-electron chi connectivity index (χ4n) is 3.10. The molecule has 0 aromatic heterocycles. The highest BCUT2D eigenvalue weighted by molar-refractivity contribution is 5.85. The highest BCUT2D eigenvalue weighted by atomic mass is 35.5. The molecule has 1 saturated heterocycles. The number of benzene rings is 1. The smallest absolute Gasteiger partial charge is 0.0378 e. The fourth-order valence-corrected chi connectivity index (χ4v) is 3.10. The summed E-state index contributed by atoms with van der Waals surface area (Å²) in [6.45, 7) is 4.65. The number of hydrogen-bond donors (Lipinski definition) is 1. The van der Waals surface area contributed by atoms with Gasteiger partial charge in [0, 0.05) is 17.6 Å². The van der Waals surface area contributed by atoms with Gasteiger partial charge in [0.1, 0.15) is 0 Å². The summed E-state index contributed by atoms with van der Waals surface area (Å²) in [6.07, 6.45) is 2.57. The van der Waals surface area contributed by atoms with Gasteiger partial charge < -0.3 is 10.2 Å². The molecule has 4 heteroatoms. The summed E-state index contributed by atoms with van der Waals surface area (Å²) in [5.74, 6) is 0.736. The van der Waals surface area contributed by atoms with E-state index in [9.17, 15) is 0 Å². The van der Waals surface area contributed by atoms with Gasteiger partial charge in [-0.15, -0.1) is 24.8 Å². The van der Waals surface area contributed by atoms with Crippen LogP contribution in [0.1, 0.15) is 29.9 Å². The van der Waals surface area contributed by atoms with Gasteiger partial charge in [0.15, 0.2) is 0 Å². The zero-order valence-electron chi connectivity index (χ0n) is 11.0. The monoisotopic (exact) mass is 288 g/mol. The lowest BCUT2D eigenvalue weighted by atomic mass is 9.90. The topological polar surface area (TPSA) is 15.3 Å². The van der Waals surface area contributed by atoms with Crippen LogP contribution in [0.15, 0.2) is 18.2 Å². The Bertz CT molecular complexity index is 409. The number of hydrogen-bond acceptors (Lipinski definition) is 2. The maximum Gasteiger partial charge on any atom is 0.0378 e. The van der Waals surface area contributed by atoms with Crippen LogP contribution in [0.2, 0.25) is 0 Å². The van der Waals surface area contributed by atoms with Crippen LogP contribution in [0.3, 0.4) is 0 Å². The third kappa shape index (κ3) is 2.76. The molecule has 1 fully saturated rings. The summed E-state index contributed by atoms with van der Waals surface area (Å²) in [4.78, 5) is 2.45. The number of fused-ring (bicyclic) bond motifs is 3. The van der Waals surface area contributed by atoms with Crippen LogP contribution in [-0.4, -0.2) is 31.1 Å². The largest absolute Gasteiger partial charge is 0.381 e. The summed E-state index contributed by atoms with van der Waals surface area (Å²) in [6, 6.07) is 7.51. The number of nitrogens with one attached hydrogen (secondary N) is 1. The van der Waals surface area contributed by atoms with Crippen LogP contribution in [0.25, 0.3) is 0 Å². The second-order valence-corrected chi connectivity index (χ2v) is 5.33. The second kappa shape index (κ2) is 6.14. The van der Waals surface area contributed by atoms with Gasteiger partial charge in [-0.1, -0.05) is 17.7 Å².